The van der Waals surface area contributed by atoms with Crippen LogP contribution in [0.1, 0.15) is 60.8 Å². The van der Waals surface area contributed by atoms with Crippen molar-refractivity contribution < 1.29 is 9.53 Å². The van der Waals surface area contributed by atoms with Crippen molar-refractivity contribution in [3.63, 3.8) is 0 Å². The second kappa shape index (κ2) is 9.46. The Morgan fingerprint density at radius 3 is 2.50 bits per heavy atom. The largest absolute Gasteiger partial charge is 0.494 e. The maximum Gasteiger partial charge on any atom is 0.143 e. The summed E-state index contributed by atoms with van der Waals surface area (Å²) in [5.41, 5.74) is 5.23. The SMILES string of the molecule is CCOC(C=C(C)C=CC1=C(C)CCCC1(C)C)=CC(C)=CC=O. The average Bonchev–Trinajstić information content (AvgIpc) is 2.46. The van der Waals surface area contributed by atoms with Gasteiger partial charge in [0.15, 0.2) is 0 Å². The van der Waals surface area contributed by atoms with E-state index in [0.717, 1.165) is 23.2 Å². The van der Waals surface area contributed by atoms with E-state index >= 15 is 0 Å². The molecule has 0 amide bonds. The molecule has 1 aliphatic rings. The minimum Gasteiger partial charge on any atom is -0.494 e. The van der Waals surface area contributed by atoms with E-state index in [1.807, 2.05) is 26.0 Å². The second-order valence-corrected chi connectivity index (χ2v) is 7.18. The Labute approximate surface area is 147 Å². The molecule has 0 aromatic heterocycles. The number of ether oxygens (including phenoxy) is 1. The van der Waals surface area contributed by atoms with E-state index in [-0.39, 0.29) is 5.41 Å². The Kier molecular flexibility index (Phi) is 7.97. The van der Waals surface area contributed by atoms with Gasteiger partial charge in [0.1, 0.15) is 12.0 Å². The van der Waals surface area contributed by atoms with Crippen molar-refractivity contribution in [1.29, 1.82) is 0 Å². The predicted molar refractivity (Wildman–Crippen MR) is 103 cm³/mol. The molecule has 2 nitrogen and oxygen atoms in total. The Balaban J connectivity index is 3.02. The minimum atomic E-state index is 0.251. The average molecular weight is 328 g/mol. The topological polar surface area (TPSA) is 26.3 Å². The molecule has 0 unspecified atom stereocenters. The van der Waals surface area contributed by atoms with Gasteiger partial charge in [-0.3, -0.25) is 4.79 Å². The van der Waals surface area contributed by atoms with Gasteiger partial charge in [-0.15, -0.1) is 0 Å². The van der Waals surface area contributed by atoms with Gasteiger partial charge in [0, 0.05) is 0 Å². The molecule has 132 valence electrons. The first-order valence-corrected chi connectivity index (χ1v) is 8.83. The van der Waals surface area contributed by atoms with Crippen LogP contribution in [-0.2, 0) is 9.53 Å². The molecule has 0 saturated heterocycles. The maximum atomic E-state index is 10.6. The molecule has 2 heteroatoms. The molecule has 1 aliphatic carbocycles. The fraction of sp³-hybridized carbons (Fsp3) is 0.500. The third-order valence-corrected chi connectivity index (χ3v) is 4.44. The normalized spacial score (nSPS) is 19.8. The summed E-state index contributed by atoms with van der Waals surface area (Å²) in [4.78, 5) is 10.6. The molecule has 0 atom stereocenters. The number of allylic oxidation sites excluding steroid dienone is 9. The molecule has 0 fully saturated rings. The Bertz CT molecular complexity index is 595. The molecule has 0 saturated carbocycles. The fourth-order valence-corrected chi connectivity index (χ4v) is 3.17. The number of hydrogen-bond acceptors (Lipinski definition) is 2. The van der Waals surface area contributed by atoms with Crippen LogP contribution in [0.25, 0.3) is 0 Å². The van der Waals surface area contributed by atoms with Crippen LogP contribution in [0.15, 0.2) is 58.4 Å². The molecular weight excluding hydrogens is 296 g/mol. The molecule has 24 heavy (non-hydrogen) atoms. The van der Waals surface area contributed by atoms with Crippen LogP contribution < -0.4 is 0 Å². The highest BCUT2D eigenvalue weighted by molar-refractivity contribution is 5.67. The van der Waals surface area contributed by atoms with Crippen LogP contribution in [0.5, 0.6) is 0 Å². The summed E-state index contributed by atoms with van der Waals surface area (Å²) < 4.78 is 5.67. The van der Waals surface area contributed by atoms with Gasteiger partial charge in [-0.2, -0.15) is 0 Å². The Morgan fingerprint density at radius 1 is 1.21 bits per heavy atom. The van der Waals surface area contributed by atoms with Crippen LogP contribution in [0.2, 0.25) is 0 Å². The molecule has 0 aromatic carbocycles. The van der Waals surface area contributed by atoms with Crippen LogP contribution in [-0.4, -0.2) is 12.9 Å². The molecule has 0 spiro atoms. The molecule has 0 heterocycles. The zero-order valence-corrected chi connectivity index (χ0v) is 16.1. The highest BCUT2D eigenvalue weighted by atomic mass is 16.5. The summed E-state index contributed by atoms with van der Waals surface area (Å²) in [7, 11) is 0. The molecule has 0 aromatic rings. The first-order chi connectivity index (χ1) is 11.3. The first kappa shape index (κ1) is 20.2. The lowest BCUT2D eigenvalue weighted by atomic mass is 9.72. The van der Waals surface area contributed by atoms with Crippen LogP contribution in [0.4, 0.5) is 0 Å². The summed E-state index contributed by atoms with van der Waals surface area (Å²) in [5, 5.41) is 0. The van der Waals surface area contributed by atoms with E-state index in [9.17, 15) is 4.79 Å². The molecule has 1 rings (SSSR count). The Morgan fingerprint density at radius 2 is 1.92 bits per heavy atom. The van der Waals surface area contributed by atoms with E-state index in [2.05, 4.69) is 39.8 Å². The van der Waals surface area contributed by atoms with Gasteiger partial charge in [0.2, 0.25) is 0 Å². The second-order valence-electron chi connectivity index (χ2n) is 7.18. The lowest BCUT2D eigenvalue weighted by molar-refractivity contribution is -0.104. The van der Waals surface area contributed by atoms with Gasteiger partial charge in [-0.25, -0.2) is 0 Å². The standard InChI is InChI=1S/C22H32O2/c1-7-24-20(16-18(3)12-14-23)15-17(2)10-11-21-19(4)9-8-13-22(21,5)6/h10-12,14-16H,7-9,13H2,1-6H3. The highest BCUT2D eigenvalue weighted by Gasteiger charge is 2.26. The monoisotopic (exact) mass is 328 g/mol. The lowest BCUT2D eigenvalue weighted by Crippen LogP contribution is -2.19. The van der Waals surface area contributed by atoms with E-state index in [4.69, 9.17) is 4.74 Å². The summed E-state index contributed by atoms with van der Waals surface area (Å²) in [6.45, 7) is 13.4. The van der Waals surface area contributed by atoms with Gasteiger partial charge >= 0.3 is 0 Å². The minimum absolute atomic E-state index is 0.251. The maximum absolute atomic E-state index is 10.6. The molecule has 0 aliphatic heterocycles. The third-order valence-electron chi connectivity index (χ3n) is 4.44. The zero-order valence-electron chi connectivity index (χ0n) is 16.1. The number of carbonyl (C=O) groups is 1. The number of hydrogen-bond donors (Lipinski definition) is 0. The van der Waals surface area contributed by atoms with E-state index < -0.39 is 0 Å². The van der Waals surface area contributed by atoms with Gasteiger partial charge in [-0.05, 0) is 87.3 Å². The summed E-state index contributed by atoms with van der Waals surface area (Å²) in [6.07, 6.45) is 14.4. The van der Waals surface area contributed by atoms with Crippen molar-refractivity contribution in [3.05, 3.63) is 58.4 Å². The van der Waals surface area contributed by atoms with Crippen molar-refractivity contribution in [3.8, 4) is 0 Å². The molecule has 0 N–H and O–H groups in total. The van der Waals surface area contributed by atoms with E-state index in [1.165, 1.54) is 36.5 Å². The van der Waals surface area contributed by atoms with Crippen molar-refractivity contribution in [2.45, 2.75) is 60.8 Å². The number of rotatable bonds is 7. The van der Waals surface area contributed by atoms with Gasteiger partial charge in [0.25, 0.3) is 0 Å². The summed E-state index contributed by atoms with van der Waals surface area (Å²) in [5.74, 6) is 0.781. The van der Waals surface area contributed by atoms with Crippen molar-refractivity contribution in [2.24, 2.45) is 5.41 Å². The smallest absolute Gasteiger partial charge is 0.143 e. The quantitative estimate of drug-likeness (QED) is 0.245. The summed E-state index contributed by atoms with van der Waals surface area (Å²) in [6, 6.07) is 0. The van der Waals surface area contributed by atoms with Crippen LogP contribution in [0.3, 0.4) is 0 Å². The van der Waals surface area contributed by atoms with Crippen LogP contribution >= 0.6 is 0 Å². The van der Waals surface area contributed by atoms with Crippen molar-refractivity contribution in [1.82, 2.24) is 0 Å². The van der Waals surface area contributed by atoms with E-state index in [0.29, 0.717) is 6.61 Å². The zero-order chi connectivity index (χ0) is 18.2. The Hall–Kier alpha value is -1.83. The molecule has 0 bridgehead atoms. The number of carbonyl (C=O) groups excluding carboxylic acids is 1. The van der Waals surface area contributed by atoms with E-state index in [1.54, 1.807) is 0 Å². The predicted octanol–water partition coefficient (Wildman–Crippen LogP) is 6.08. The van der Waals surface area contributed by atoms with Crippen molar-refractivity contribution >= 4 is 6.29 Å². The highest BCUT2D eigenvalue weighted by Crippen LogP contribution is 2.40. The van der Waals surface area contributed by atoms with Crippen molar-refractivity contribution in [2.75, 3.05) is 6.61 Å². The van der Waals surface area contributed by atoms with Crippen LogP contribution in [0, 0.1) is 5.41 Å². The molecule has 0 radical (unpaired) electrons. The first-order valence-electron chi connectivity index (χ1n) is 8.83. The fourth-order valence-electron chi connectivity index (χ4n) is 3.17. The van der Waals surface area contributed by atoms with Gasteiger partial charge in [0.05, 0.1) is 6.61 Å². The summed E-state index contributed by atoms with van der Waals surface area (Å²) >= 11 is 0. The number of aldehydes is 1. The molecular formula is C22H32O2. The third kappa shape index (κ3) is 6.35. The van der Waals surface area contributed by atoms with Gasteiger partial charge < -0.3 is 4.74 Å². The lowest BCUT2D eigenvalue weighted by Gasteiger charge is -2.32. The van der Waals surface area contributed by atoms with Gasteiger partial charge in [-0.1, -0.05) is 31.6 Å².